The van der Waals surface area contributed by atoms with Gasteiger partial charge in [-0.15, -0.1) is 0 Å². The van der Waals surface area contributed by atoms with Crippen molar-refractivity contribution in [1.29, 1.82) is 0 Å². The third-order valence-corrected chi connectivity index (χ3v) is 5.03. The van der Waals surface area contributed by atoms with Gasteiger partial charge in [0.1, 0.15) is 0 Å². The zero-order valence-electron chi connectivity index (χ0n) is 17.2. The second-order valence-electron chi connectivity index (χ2n) is 6.83. The van der Waals surface area contributed by atoms with Crippen LogP contribution in [0.15, 0.2) is 36.5 Å². The van der Waals surface area contributed by atoms with Crippen LogP contribution in [0, 0.1) is 6.92 Å². The number of ether oxygens (including phenoxy) is 1. The van der Waals surface area contributed by atoms with E-state index in [2.05, 4.69) is 44.2 Å². The second kappa shape index (κ2) is 11.0. The molecule has 1 aliphatic heterocycles. The van der Waals surface area contributed by atoms with Crippen molar-refractivity contribution in [1.82, 2.24) is 10.3 Å². The van der Waals surface area contributed by atoms with Gasteiger partial charge in [-0.05, 0) is 38.2 Å². The number of hydrogen-bond acceptors (Lipinski definition) is 6. The summed E-state index contributed by atoms with van der Waals surface area (Å²) in [5.74, 6) is 0.222. The van der Waals surface area contributed by atoms with Crippen molar-refractivity contribution < 1.29 is 19.4 Å². The third kappa shape index (κ3) is 5.70. The van der Waals surface area contributed by atoms with Crippen molar-refractivity contribution >= 4 is 18.1 Å². The molecule has 7 nitrogen and oxygen atoms in total. The van der Waals surface area contributed by atoms with Gasteiger partial charge in [0.15, 0.2) is 11.4 Å². The van der Waals surface area contributed by atoms with Gasteiger partial charge in [-0.25, -0.2) is 4.98 Å². The van der Waals surface area contributed by atoms with Crippen molar-refractivity contribution in [2.45, 2.75) is 32.6 Å². The summed E-state index contributed by atoms with van der Waals surface area (Å²) in [5, 5.41) is 13.1. The zero-order valence-corrected chi connectivity index (χ0v) is 17.2. The number of nitrogens with zero attached hydrogens (tertiary/aromatic N) is 2. The maximum atomic E-state index is 12.0. The van der Waals surface area contributed by atoms with Crippen molar-refractivity contribution in [2.75, 3.05) is 31.6 Å². The summed E-state index contributed by atoms with van der Waals surface area (Å²) in [5.41, 5.74) is 3.13. The van der Waals surface area contributed by atoms with Gasteiger partial charge in [-0.2, -0.15) is 0 Å². The lowest BCUT2D eigenvalue weighted by Gasteiger charge is -2.34. The van der Waals surface area contributed by atoms with Crippen LogP contribution in [-0.4, -0.2) is 49.2 Å². The van der Waals surface area contributed by atoms with Gasteiger partial charge >= 0.3 is 0 Å². The average Bonchev–Trinajstić information content (AvgIpc) is 2.76. The summed E-state index contributed by atoms with van der Waals surface area (Å²) in [6.07, 6.45) is 3.85. The topological polar surface area (TPSA) is 91.8 Å². The Labute approximate surface area is 171 Å². The van der Waals surface area contributed by atoms with E-state index in [0.717, 1.165) is 37.2 Å². The monoisotopic (exact) mass is 399 g/mol. The molecule has 156 valence electrons. The number of carbonyl (C=O) groups is 2. The van der Waals surface area contributed by atoms with E-state index in [-0.39, 0.29) is 17.4 Å². The molecule has 0 aliphatic carbocycles. The summed E-state index contributed by atoms with van der Waals surface area (Å²) in [6.45, 7) is 6.41. The maximum absolute atomic E-state index is 12.0. The largest absolute Gasteiger partial charge is 0.505 e. The fourth-order valence-electron chi connectivity index (χ4n) is 3.49. The number of aromatic hydroxyl groups is 1. The normalized spacial score (nSPS) is 13.8. The van der Waals surface area contributed by atoms with Gasteiger partial charge in [-0.1, -0.05) is 30.3 Å². The summed E-state index contributed by atoms with van der Waals surface area (Å²) < 4.78 is 3.86. The maximum Gasteiger partial charge on any atom is 0.292 e. The molecule has 29 heavy (non-hydrogen) atoms. The lowest BCUT2D eigenvalue weighted by atomic mass is 9.89. The number of aromatic nitrogens is 1. The Bertz CT molecular complexity index is 803. The molecule has 0 atom stereocenters. The Hall–Kier alpha value is -3.09. The van der Waals surface area contributed by atoms with Gasteiger partial charge in [0.25, 0.3) is 12.4 Å². The minimum Gasteiger partial charge on any atom is -0.505 e. The molecule has 1 amide bonds. The number of amides is 1. The van der Waals surface area contributed by atoms with Crippen LogP contribution in [0.25, 0.3) is 0 Å². The first-order valence-corrected chi connectivity index (χ1v) is 9.76. The molecule has 0 spiro atoms. The molecular formula is C22H29N3O4. The first kappa shape index (κ1) is 22.2. The molecule has 1 fully saturated rings. The molecule has 2 aromatic rings. The highest BCUT2D eigenvalue weighted by Crippen LogP contribution is 2.34. The van der Waals surface area contributed by atoms with Crippen LogP contribution in [0.3, 0.4) is 0 Å². The molecule has 1 aromatic heterocycles. The SMILES string of the molecule is CCNC(=O)c1ncc(N2CCC(c3ccccc3)CC2)c(C)c1O.COC=O. The molecule has 0 bridgehead atoms. The molecule has 2 N–H and O–H groups in total. The number of benzene rings is 1. The van der Waals surface area contributed by atoms with E-state index in [0.29, 0.717) is 18.9 Å². The molecule has 0 saturated carbocycles. The lowest BCUT2D eigenvalue weighted by Crippen LogP contribution is -2.33. The number of pyridine rings is 1. The molecular weight excluding hydrogens is 370 g/mol. The van der Waals surface area contributed by atoms with Crippen LogP contribution in [-0.2, 0) is 9.53 Å². The summed E-state index contributed by atoms with van der Waals surface area (Å²) in [6, 6.07) is 10.6. The smallest absolute Gasteiger partial charge is 0.292 e. The van der Waals surface area contributed by atoms with Crippen LogP contribution in [0.2, 0.25) is 0 Å². The van der Waals surface area contributed by atoms with Crippen LogP contribution >= 0.6 is 0 Å². The zero-order chi connectivity index (χ0) is 21.2. The number of carbonyl (C=O) groups excluding carboxylic acids is 2. The van der Waals surface area contributed by atoms with Crippen LogP contribution in [0.4, 0.5) is 5.69 Å². The number of piperidine rings is 1. The van der Waals surface area contributed by atoms with E-state index in [4.69, 9.17) is 4.79 Å². The molecule has 1 aromatic carbocycles. The van der Waals surface area contributed by atoms with Crippen LogP contribution in [0.1, 0.15) is 47.3 Å². The van der Waals surface area contributed by atoms with Gasteiger partial charge in [0.2, 0.25) is 0 Å². The minimum atomic E-state index is -0.336. The fourth-order valence-corrected chi connectivity index (χ4v) is 3.49. The fraction of sp³-hybridized carbons (Fsp3) is 0.409. The Morgan fingerprint density at radius 1 is 1.31 bits per heavy atom. The molecule has 1 saturated heterocycles. The van der Waals surface area contributed by atoms with Crippen LogP contribution in [0.5, 0.6) is 5.75 Å². The number of rotatable bonds is 5. The molecule has 2 heterocycles. The van der Waals surface area contributed by atoms with Crippen molar-refractivity contribution in [3.63, 3.8) is 0 Å². The van der Waals surface area contributed by atoms with Gasteiger partial charge in [0, 0.05) is 25.2 Å². The highest BCUT2D eigenvalue weighted by atomic mass is 16.5. The van der Waals surface area contributed by atoms with Gasteiger partial charge < -0.3 is 20.1 Å². The van der Waals surface area contributed by atoms with Crippen molar-refractivity contribution in [2.24, 2.45) is 0 Å². The Morgan fingerprint density at radius 2 is 1.93 bits per heavy atom. The standard InChI is InChI=1S/C20H25N3O2.C2H4O2/c1-3-21-20(25)18-19(24)14(2)17(13-22-18)23-11-9-16(10-12-23)15-7-5-4-6-8-15;1-4-2-3/h4-8,13,16,24H,3,9-12H2,1-2H3,(H,21,25);2H,1H3. The molecule has 1 aliphatic rings. The molecule has 3 rings (SSSR count). The molecule has 0 unspecified atom stereocenters. The van der Waals surface area contributed by atoms with Gasteiger partial charge in [0.05, 0.1) is 19.0 Å². The highest BCUT2D eigenvalue weighted by molar-refractivity contribution is 5.95. The molecule has 0 radical (unpaired) electrons. The van der Waals surface area contributed by atoms with Crippen molar-refractivity contribution in [3.05, 3.63) is 53.3 Å². The second-order valence-corrected chi connectivity index (χ2v) is 6.83. The number of methoxy groups -OCH3 is 1. The predicted octanol–water partition coefficient (Wildman–Crippen LogP) is 3.02. The quantitative estimate of drug-likeness (QED) is 0.751. The van der Waals surface area contributed by atoms with E-state index in [1.54, 1.807) is 6.20 Å². The Balaban J connectivity index is 0.000000687. The third-order valence-electron chi connectivity index (χ3n) is 5.03. The Morgan fingerprint density at radius 3 is 2.48 bits per heavy atom. The van der Waals surface area contributed by atoms with E-state index >= 15 is 0 Å². The summed E-state index contributed by atoms with van der Waals surface area (Å²) in [4.78, 5) is 27.4. The van der Waals surface area contributed by atoms with Gasteiger partial charge in [-0.3, -0.25) is 9.59 Å². The summed E-state index contributed by atoms with van der Waals surface area (Å²) >= 11 is 0. The average molecular weight is 399 g/mol. The minimum absolute atomic E-state index is 0.0198. The van der Waals surface area contributed by atoms with E-state index < -0.39 is 0 Å². The highest BCUT2D eigenvalue weighted by Gasteiger charge is 2.24. The van der Waals surface area contributed by atoms with Crippen LogP contribution < -0.4 is 10.2 Å². The molecule has 7 heteroatoms. The lowest BCUT2D eigenvalue weighted by molar-refractivity contribution is -0.126. The number of nitrogens with one attached hydrogen (secondary N) is 1. The van der Waals surface area contributed by atoms with E-state index in [1.165, 1.54) is 12.7 Å². The van der Waals surface area contributed by atoms with Crippen molar-refractivity contribution in [3.8, 4) is 5.75 Å². The number of hydrogen-bond donors (Lipinski definition) is 2. The number of anilines is 1. The first-order chi connectivity index (χ1) is 14.0. The summed E-state index contributed by atoms with van der Waals surface area (Å²) in [7, 11) is 1.31. The first-order valence-electron chi connectivity index (χ1n) is 9.76. The Kier molecular flexibility index (Phi) is 8.45. The van der Waals surface area contributed by atoms with E-state index in [9.17, 15) is 9.90 Å². The van der Waals surface area contributed by atoms with E-state index in [1.807, 2.05) is 19.9 Å². The predicted molar refractivity (Wildman–Crippen MR) is 112 cm³/mol.